The maximum absolute atomic E-state index is 13.0. The third-order valence-electron chi connectivity index (χ3n) is 7.06. The van der Waals surface area contributed by atoms with Crippen molar-refractivity contribution in [1.29, 1.82) is 0 Å². The predicted octanol–water partition coefficient (Wildman–Crippen LogP) is 4.00. The van der Waals surface area contributed by atoms with Crippen molar-refractivity contribution < 1.29 is 24.6 Å². The number of hydrogen-bond donors (Lipinski definition) is 4. The van der Waals surface area contributed by atoms with Crippen LogP contribution in [-0.2, 0) is 17.6 Å². The van der Waals surface area contributed by atoms with E-state index in [1.54, 1.807) is 17.9 Å². The van der Waals surface area contributed by atoms with Gasteiger partial charge in [-0.25, -0.2) is 14.4 Å². The fraction of sp³-hybridized carbons (Fsp3) is 0.423. The van der Waals surface area contributed by atoms with Crippen molar-refractivity contribution in [3.05, 3.63) is 58.1 Å². The van der Waals surface area contributed by atoms with Crippen molar-refractivity contribution in [2.75, 3.05) is 25.0 Å². The van der Waals surface area contributed by atoms with Crippen molar-refractivity contribution in [2.24, 2.45) is 0 Å². The van der Waals surface area contributed by atoms with Crippen LogP contribution in [0.3, 0.4) is 0 Å². The van der Waals surface area contributed by atoms with E-state index < -0.39 is 17.5 Å². The highest BCUT2D eigenvalue weighted by atomic mass is 35.5. The summed E-state index contributed by atoms with van der Waals surface area (Å²) in [5.74, 6) is -1.22. The van der Waals surface area contributed by atoms with E-state index in [0.717, 1.165) is 17.7 Å². The molecule has 1 fully saturated rings. The molecule has 1 atom stereocenters. The number of fused-ring (bicyclic) bond motifs is 1. The van der Waals surface area contributed by atoms with E-state index >= 15 is 0 Å². The summed E-state index contributed by atoms with van der Waals surface area (Å²) in [6.45, 7) is 4.55. The van der Waals surface area contributed by atoms with Gasteiger partial charge in [-0.2, -0.15) is 0 Å². The summed E-state index contributed by atoms with van der Waals surface area (Å²) in [6.07, 6.45) is 1.97. The van der Waals surface area contributed by atoms with Gasteiger partial charge in [0.15, 0.2) is 0 Å². The van der Waals surface area contributed by atoms with Crippen LogP contribution in [0.2, 0.25) is 5.02 Å². The van der Waals surface area contributed by atoms with Crippen LogP contribution in [0, 0.1) is 6.92 Å². The minimum Gasteiger partial charge on any atom is -0.506 e. The van der Waals surface area contributed by atoms with Crippen molar-refractivity contribution in [3.63, 3.8) is 0 Å². The second kappa shape index (κ2) is 10.3. The highest BCUT2D eigenvalue weighted by molar-refractivity contribution is 6.32. The van der Waals surface area contributed by atoms with Crippen LogP contribution in [-0.4, -0.2) is 69.3 Å². The smallest absolute Gasteiger partial charge is 0.329 e. The lowest BCUT2D eigenvalue weighted by Gasteiger charge is -2.39. The molecule has 2 aliphatic heterocycles. The number of piperidine rings is 1. The number of likely N-dealkylation sites (tertiary alicyclic amines) is 1. The number of aryl methyl sites for hydroxylation is 1. The molecule has 0 spiro atoms. The number of phenols is 1. The Labute approximate surface area is 215 Å². The van der Waals surface area contributed by atoms with Gasteiger partial charge in [0.05, 0.1) is 5.02 Å². The molecule has 0 radical (unpaired) electrons. The lowest BCUT2D eigenvalue weighted by molar-refractivity contribution is -0.143. The Morgan fingerprint density at radius 3 is 2.56 bits per heavy atom. The Morgan fingerprint density at radius 1 is 1.19 bits per heavy atom. The average molecular weight is 515 g/mol. The molecular weight excluding hydrogens is 484 g/mol. The van der Waals surface area contributed by atoms with Crippen LogP contribution in [0.4, 0.5) is 15.3 Å². The summed E-state index contributed by atoms with van der Waals surface area (Å²) in [6, 6.07) is 10.3. The summed E-state index contributed by atoms with van der Waals surface area (Å²) < 4.78 is 0. The Hall–Kier alpha value is -3.46. The predicted molar refractivity (Wildman–Crippen MR) is 137 cm³/mol. The van der Waals surface area contributed by atoms with E-state index in [2.05, 4.69) is 10.6 Å². The number of nitrogens with one attached hydrogen (secondary N) is 2. The maximum Gasteiger partial charge on any atom is 0.329 e. The van der Waals surface area contributed by atoms with Crippen molar-refractivity contribution in [2.45, 2.75) is 51.1 Å². The number of aliphatic carboxylic acids is 1. The molecular formula is C26H31ClN4O5. The third kappa shape index (κ3) is 5.36. The van der Waals surface area contributed by atoms with Gasteiger partial charge in [-0.1, -0.05) is 35.9 Å². The number of phenolic OH excluding ortho intramolecular Hbond substituents is 1. The van der Waals surface area contributed by atoms with Crippen LogP contribution >= 0.6 is 11.6 Å². The Kier molecular flexibility index (Phi) is 7.31. The number of carbonyl (C=O) groups excluding carboxylic acids is 2. The topological polar surface area (TPSA) is 122 Å². The fourth-order valence-electron chi connectivity index (χ4n) is 4.92. The number of halogens is 1. The number of urea groups is 2. The second-order valence-electron chi connectivity index (χ2n) is 9.74. The quantitative estimate of drug-likeness (QED) is 0.480. The number of benzene rings is 2. The molecule has 0 aromatic heterocycles. The number of carbonyl (C=O) groups is 3. The summed E-state index contributed by atoms with van der Waals surface area (Å²) in [7, 11) is 0. The zero-order chi connectivity index (χ0) is 26.0. The summed E-state index contributed by atoms with van der Waals surface area (Å²) in [5, 5.41) is 25.6. The van der Waals surface area contributed by atoms with E-state index in [1.807, 2.05) is 29.2 Å². The molecule has 9 nitrogen and oxygen atoms in total. The SMILES string of the molecule is Cc1cc(C[C@@](C)(NC(=O)N2CCC(N3CCc4ccccc4NC3=O)CC2)C(=O)O)cc(Cl)c1O. The molecule has 0 aliphatic carbocycles. The maximum atomic E-state index is 13.0. The minimum absolute atomic E-state index is 0.000112. The monoisotopic (exact) mass is 514 g/mol. The van der Waals surface area contributed by atoms with E-state index in [4.69, 9.17) is 11.6 Å². The Bertz CT molecular complexity index is 1160. The van der Waals surface area contributed by atoms with Crippen LogP contribution < -0.4 is 10.6 Å². The standard InChI is InChI=1S/C26H31ClN4O5/c1-16-13-17(14-20(27)22(16)32)15-26(2,23(33)34)29-25(36)30-10-8-19(9-11-30)31-12-7-18-5-3-4-6-21(18)28-24(31)35/h3-6,13-14,19,32H,7-12,15H2,1-2H3,(H,28,35)(H,29,36)(H,33,34)/t26-/m1/s1. The molecule has 2 heterocycles. The second-order valence-corrected chi connectivity index (χ2v) is 10.1. The van der Waals surface area contributed by atoms with E-state index in [-0.39, 0.29) is 29.3 Å². The normalized spacial score (nSPS) is 18.0. The first-order chi connectivity index (χ1) is 17.1. The average Bonchev–Trinajstić information content (AvgIpc) is 3.00. The van der Waals surface area contributed by atoms with Crippen LogP contribution in [0.25, 0.3) is 0 Å². The number of amides is 4. The number of anilines is 1. The lowest BCUT2D eigenvalue weighted by atomic mass is 9.92. The number of para-hydroxylation sites is 1. The number of aromatic hydroxyl groups is 1. The van der Waals surface area contributed by atoms with Crippen LogP contribution in [0.5, 0.6) is 5.75 Å². The molecule has 4 amide bonds. The molecule has 4 N–H and O–H groups in total. The molecule has 0 bridgehead atoms. The zero-order valence-corrected chi connectivity index (χ0v) is 21.1. The molecule has 0 saturated carbocycles. The molecule has 4 rings (SSSR count). The van der Waals surface area contributed by atoms with Crippen molar-refractivity contribution >= 4 is 35.3 Å². The number of rotatable bonds is 5. The first kappa shape index (κ1) is 25.6. The van der Waals surface area contributed by atoms with Gasteiger partial charge in [0, 0.05) is 37.8 Å². The zero-order valence-electron chi connectivity index (χ0n) is 20.4. The van der Waals surface area contributed by atoms with E-state index in [9.17, 15) is 24.6 Å². The number of nitrogens with zero attached hydrogens (tertiary/aromatic N) is 2. The van der Waals surface area contributed by atoms with Crippen molar-refractivity contribution in [3.8, 4) is 5.75 Å². The molecule has 0 unspecified atom stereocenters. The van der Waals surface area contributed by atoms with Crippen molar-refractivity contribution in [1.82, 2.24) is 15.1 Å². The minimum atomic E-state index is -1.57. The number of carboxylic acid groups (broad SMARTS) is 1. The Balaban J connectivity index is 1.37. The molecule has 2 aromatic carbocycles. The first-order valence-electron chi connectivity index (χ1n) is 12.0. The van der Waals surface area contributed by atoms with Gasteiger partial charge < -0.3 is 30.6 Å². The number of hydrogen-bond acceptors (Lipinski definition) is 4. The van der Waals surface area contributed by atoms with Gasteiger partial charge in [-0.3, -0.25) is 0 Å². The highest BCUT2D eigenvalue weighted by Crippen LogP contribution is 2.30. The van der Waals surface area contributed by atoms with Gasteiger partial charge in [-0.05, 0) is 61.9 Å². The molecule has 1 saturated heterocycles. The van der Waals surface area contributed by atoms with Gasteiger partial charge in [0.25, 0.3) is 0 Å². The van der Waals surface area contributed by atoms with Gasteiger partial charge in [0.1, 0.15) is 11.3 Å². The van der Waals surface area contributed by atoms with E-state index in [0.29, 0.717) is 43.6 Å². The molecule has 2 aliphatic rings. The number of carboxylic acids is 1. The lowest BCUT2D eigenvalue weighted by Crippen LogP contribution is -2.59. The summed E-state index contributed by atoms with van der Waals surface area (Å²) in [5.41, 5.74) is 1.48. The molecule has 10 heteroatoms. The fourth-order valence-corrected chi connectivity index (χ4v) is 5.21. The first-order valence-corrected chi connectivity index (χ1v) is 12.4. The molecule has 2 aromatic rings. The Morgan fingerprint density at radius 2 is 1.89 bits per heavy atom. The van der Waals surface area contributed by atoms with Crippen LogP contribution in [0.1, 0.15) is 36.5 Å². The molecule has 36 heavy (non-hydrogen) atoms. The molecule has 192 valence electrons. The van der Waals surface area contributed by atoms with Gasteiger partial charge >= 0.3 is 18.0 Å². The largest absolute Gasteiger partial charge is 0.506 e. The van der Waals surface area contributed by atoms with Crippen LogP contribution in [0.15, 0.2) is 36.4 Å². The summed E-state index contributed by atoms with van der Waals surface area (Å²) >= 11 is 6.05. The van der Waals surface area contributed by atoms with Gasteiger partial charge in [0.2, 0.25) is 0 Å². The van der Waals surface area contributed by atoms with Gasteiger partial charge in [-0.15, -0.1) is 0 Å². The summed E-state index contributed by atoms with van der Waals surface area (Å²) in [4.78, 5) is 41.4. The third-order valence-corrected chi connectivity index (χ3v) is 7.35. The highest BCUT2D eigenvalue weighted by Gasteiger charge is 2.38. The van der Waals surface area contributed by atoms with E-state index in [1.165, 1.54) is 13.0 Å².